The van der Waals surface area contributed by atoms with Gasteiger partial charge in [0.1, 0.15) is 5.75 Å². The van der Waals surface area contributed by atoms with Crippen molar-refractivity contribution in [2.75, 3.05) is 17.7 Å². The highest BCUT2D eigenvalue weighted by atomic mass is 35.5. The lowest BCUT2D eigenvalue weighted by Gasteiger charge is -2.08. The van der Waals surface area contributed by atoms with Gasteiger partial charge in [-0.2, -0.15) is 0 Å². The van der Waals surface area contributed by atoms with Crippen LogP contribution in [0.1, 0.15) is 10.4 Å². The number of aromatic nitrogens is 2. The molecule has 132 valence electrons. The van der Waals surface area contributed by atoms with Gasteiger partial charge >= 0.3 is 0 Å². The van der Waals surface area contributed by atoms with Gasteiger partial charge in [-0.15, -0.1) is 0 Å². The van der Waals surface area contributed by atoms with Crippen molar-refractivity contribution >= 4 is 46.4 Å². The van der Waals surface area contributed by atoms with Gasteiger partial charge in [-0.3, -0.25) is 4.79 Å². The molecule has 26 heavy (non-hydrogen) atoms. The molecule has 0 radical (unpaired) electrons. The topological polar surface area (TPSA) is 76.1 Å². The number of benzene rings is 2. The summed E-state index contributed by atoms with van der Waals surface area (Å²) >= 11 is 11.9. The molecule has 1 heterocycles. The molecular formula is C18H14Cl2N4O2. The van der Waals surface area contributed by atoms with Crippen LogP contribution in [0.15, 0.2) is 54.9 Å². The Kier molecular flexibility index (Phi) is 5.55. The number of ether oxygens (including phenoxy) is 1. The third-order valence-electron chi connectivity index (χ3n) is 3.42. The molecule has 2 N–H and O–H groups in total. The van der Waals surface area contributed by atoms with E-state index < -0.39 is 0 Å². The standard InChI is InChI=1S/C18H14Cl2N4O2/c1-26-16-7-6-14(8-15(16)20)24-18-21-9-11(10-22-18)17(25)23-13-4-2-12(19)3-5-13/h2-10H,1H3,(H,23,25)(H,21,22,24). The minimum atomic E-state index is -0.314. The van der Waals surface area contributed by atoms with Crippen LogP contribution in [0, 0.1) is 0 Å². The Bertz CT molecular complexity index is 915. The molecule has 0 atom stereocenters. The number of amides is 1. The van der Waals surface area contributed by atoms with Crippen LogP contribution in [0.3, 0.4) is 0 Å². The zero-order valence-corrected chi connectivity index (χ0v) is 15.2. The second-order valence-corrected chi connectivity index (χ2v) is 6.07. The Balaban J connectivity index is 1.67. The normalized spacial score (nSPS) is 10.3. The molecule has 0 spiro atoms. The van der Waals surface area contributed by atoms with E-state index in [9.17, 15) is 4.79 Å². The zero-order valence-electron chi connectivity index (χ0n) is 13.7. The minimum Gasteiger partial charge on any atom is -0.495 e. The Morgan fingerprint density at radius 2 is 1.65 bits per heavy atom. The number of nitrogens with one attached hydrogen (secondary N) is 2. The summed E-state index contributed by atoms with van der Waals surface area (Å²) < 4.78 is 5.10. The summed E-state index contributed by atoms with van der Waals surface area (Å²) in [5.74, 6) is 0.605. The van der Waals surface area contributed by atoms with Crippen LogP contribution in [0.4, 0.5) is 17.3 Å². The molecule has 0 aliphatic rings. The van der Waals surface area contributed by atoms with Crippen LogP contribution in [0.25, 0.3) is 0 Å². The van der Waals surface area contributed by atoms with E-state index in [4.69, 9.17) is 27.9 Å². The zero-order chi connectivity index (χ0) is 18.5. The van der Waals surface area contributed by atoms with E-state index in [1.54, 1.807) is 49.6 Å². The lowest BCUT2D eigenvalue weighted by atomic mass is 10.3. The summed E-state index contributed by atoms with van der Waals surface area (Å²) in [5, 5.41) is 6.82. The monoisotopic (exact) mass is 388 g/mol. The largest absolute Gasteiger partial charge is 0.495 e. The van der Waals surface area contributed by atoms with E-state index in [1.165, 1.54) is 12.4 Å². The molecule has 0 saturated heterocycles. The lowest BCUT2D eigenvalue weighted by Crippen LogP contribution is -2.13. The highest BCUT2D eigenvalue weighted by Crippen LogP contribution is 2.28. The van der Waals surface area contributed by atoms with Crippen molar-refractivity contribution in [1.29, 1.82) is 0 Å². The number of rotatable bonds is 5. The van der Waals surface area contributed by atoms with Crippen molar-refractivity contribution in [1.82, 2.24) is 9.97 Å². The molecule has 3 rings (SSSR count). The molecule has 6 nitrogen and oxygen atoms in total. The van der Waals surface area contributed by atoms with Gasteiger partial charge in [0.15, 0.2) is 0 Å². The number of hydrogen-bond acceptors (Lipinski definition) is 5. The van der Waals surface area contributed by atoms with Crippen LogP contribution in [-0.4, -0.2) is 23.0 Å². The van der Waals surface area contributed by atoms with Crippen molar-refractivity contribution in [3.05, 3.63) is 70.5 Å². The molecule has 0 unspecified atom stereocenters. The summed E-state index contributed by atoms with van der Waals surface area (Å²) in [7, 11) is 1.55. The van der Waals surface area contributed by atoms with E-state index in [0.717, 1.165) is 0 Å². The van der Waals surface area contributed by atoms with Gasteiger partial charge < -0.3 is 15.4 Å². The first kappa shape index (κ1) is 18.0. The first-order valence-electron chi connectivity index (χ1n) is 7.54. The fourth-order valence-electron chi connectivity index (χ4n) is 2.12. The maximum Gasteiger partial charge on any atom is 0.258 e. The Labute approximate surface area is 160 Å². The van der Waals surface area contributed by atoms with Gasteiger partial charge in [-0.1, -0.05) is 23.2 Å². The molecule has 0 saturated carbocycles. The van der Waals surface area contributed by atoms with E-state index in [0.29, 0.717) is 38.7 Å². The summed E-state index contributed by atoms with van der Waals surface area (Å²) in [5.41, 5.74) is 1.67. The third kappa shape index (κ3) is 4.41. The number of methoxy groups -OCH3 is 1. The summed E-state index contributed by atoms with van der Waals surface area (Å²) in [6.45, 7) is 0. The SMILES string of the molecule is COc1ccc(Nc2ncc(C(=O)Nc3ccc(Cl)cc3)cn2)cc1Cl. The second kappa shape index (κ2) is 8.03. The number of carbonyl (C=O) groups is 1. The molecule has 0 aliphatic heterocycles. The number of carbonyl (C=O) groups excluding carboxylic acids is 1. The molecule has 1 amide bonds. The van der Waals surface area contributed by atoms with E-state index in [2.05, 4.69) is 20.6 Å². The number of anilines is 3. The number of nitrogens with zero attached hydrogens (tertiary/aromatic N) is 2. The van der Waals surface area contributed by atoms with E-state index in [-0.39, 0.29) is 5.91 Å². The highest BCUT2D eigenvalue weighted by Gasteiger charge is 2.09. The third-order valence-corrected chi connectivity index (χ3v) is 3.97. The number of hydrogen-bond donors (Lipinski definition) is 2. The van der Waals surface area contributed by atoms with Gasteiger partial charge in [-0.05, 0) is 42.5 Å². The average molecular weight is 389 g/mol. The molecule has 0 fully saturated rings. The van der Waals surface area contributed by atoms with Crippen molar-refractivity contribution in [3.63, 3.8) is 0 Å². The smallest absolute Gasteiger partial charge is 0.258 e. The van der Waals surface area contributed by atoms with Crippen LogP contribution in [0.5, 0.6) is 5.75 Å². The first-order chi connectivity index (χ1) is 12.5. The lowest BCUT2D eigenvalue weighted by molar-refractivity contribution is 0.102. The predicted octanol–water partition coefficient (Wildman–Crippen LogP) is 4.79. The average Bonchev–Trinajstić information content (AvgIpc) is 2.64. The van der Waals surface area contributed by atoms with Gasteiger partial charge in [0.2, 0.25) is 5.95 Å². The summed E-state index contributed by atoms with van der Waals surface area (Å²) in [6, 6.07) is 12.0. The summed E-state index contributed by atoms with van der Waals surface area (Å²) in [4.78, 5) is 20.5. The van der Waals surface area contributed by atoms with Crippen LogP contribution in [-0.2, 0) is 0 Å². The predicted molar refractivity (Wildman–Crippen MR) is 103 cm³/mol. The fourth-order valence-corrected chi connectivity index (χ4v) is 2.50. The Morgan fingerprint density at radius 3 is 2.27 bits per heavy atom. The van der Waals surface area contributed by atoms with Gasteiger partial charge in [0, 0.05) is 28.8 Å². The van der Waals surface area contributed by atoms with Crippen molar-refractivity contribution < 1.29 is 9.53 Å². The van der Waals surface area contributed by atoms with Crippen molar-refractivity contribution in [3.8, 4) is 5.75 Å². The van der Waals surface area contributed by atoms with Crippen LogP contribution < -0.4 is 15.4 Å². The fraction of sp³-hybridized carbons (Fsp3) is 0.0556. The van der Waals surface area contributed by atoms with E-state index >= 15 is 0 Å². The molecule has 0 aliphatic carbocycles. The quantitative estimate of drug-likeness (QED) is 0.656. The van der Waals surface area contributed by atoms with Gasteiger partial charge in [0.05, 0.1) is 17.7 Å². The van der Waals surface area contributed by atoms with Gasteiger partial charge in [0.25, 0.3) is 5.91 Å². The van der Waals surface area contributed by atoms with Crippen LogP contribution in [0.2, 0.25) is 10.0 Å². The maximum atomic E-state index is 12.2. The molecule has 2 aromatic carbocycles. The minimum absolute atomic E-state index is 0.314. The van der Waals surface area contributed by atoms with E-state index in [1.807, 2.05) is 0 Å². The number of halogens is 2. The van der Waals surface area contributed by atoms with Crippen molar-refractivity contribution in [2.45, 2.75) is 0 Å². The Hall–Kier alpha value is -2.83. The van der Waals surface area contributed by atoms with Crippen molar-refractivity contribution in [2.24, 2.45) is 0 Å². The second-order valence-electron chi connectivity index (χ2n) is 5.23. The first-order valence-corrected chi connectivity index (χ1v) is 8.30. The summed E-state index contributed by atoms with van der Waals surface area (Å²) in [6.07, 6.45) is 2.87. The maximum absolute atomic E-state index is 12.2. The molecule has 3 aromatic rings. The van der Waals surface area contributed by atoms with Crippen LogP contribution >= 0.6 is 23.2 Å². The molecule has 8 heteroatoms. The molecule has 0 bridgehead atoms. The highest BCUT2D eigenvalue weighted by molar-refractivity contribution is 6.32. The van der Waals surface area contributed by atoms with Gasteiger partial charge in [-0.25, -0.2) is 9.97 Å². The molecular weight excluding hydrogens is 375 g/mol. The Morgan fingerprint density at radius 1 is 1.00 bits per heavy atom. The molecule has 1 aromatic heterocycles.